The fourth-order valence-corrected chi connectivity index (χ4v) is 16.8. The largest absolute Gasteiger partial charge is 0.494 e. The summed E-state index contributed by atoms with van der Waals surface area (Å²) in [5.41, 5.74) is 22.9. The number of hydrogen-bond acceptors (Lipinski definition) is 6. The van der Waals surface area contributed by atoms with Gasteiger partial charge in [0.2, 0.25) is 0 Å². The van der Waals surface area contributed by atoms with E-state index in [-0.39, 0.29) is 0 Å². The van der Waals surface area contributed by atoms with E-state index in [0.29, 0.717) is 0 Å². The number of hydrogen-bond donors (Lipinski definition) is 0. The fourth-order valence-electron chi connectivity index (χ4n) is 14.7. The van der Waals surface area contributed by atoms with Crippen molar-refractivity contribution < 1.29 is 18.9 Å². The van der Waals surface area contributed by atoms with Gasteiger partial charge in [-0.3, -0.25) is 0 Å². The van der Waals surface area contributed by atoms with Crippen LogP contribution in [-0.2, 0) is 51.4 Å². The molecule has 0 radical (unpaired) electrons. The van der Waals surface area contributed by atoms with Gasteiger partial charge in [-0.05, 0) is 279 Å². The molecule has 8 aromatic carbocycles. The summed E-state index contributed by atoms with van der Waals surface area (Å²) in [6.45, 7) is 29.5. The average Bonchev–Trinajstić information content (AvgIpc) is 1.66. The Labute approximate surface area is 743 Å². The Morgan fingerprint density at radius 2 is 0.369 bits per heavy atom. The van der Waals surface area contributed by atoms with Crippen LogP contribution in [0.4, 0.5) is 0 Å². The third-order valence-electron chi connectivity index (χ3n) is 22.2. The van der Waals surface area contributed by atoms with E-state index in [9.17, 15) is 0 Å². The van der Waals surface area contributed by atoms with Gasteiger partial charge in [0.15, 0.2) is 0 Å². The summed E-state index contributed by atoms with van der Waals surface area (Å²) in [7, 11) is 0. The number of ether oxygens (including phenoxy) is 4. The highest BCUT2D eigenvalue weighted by molar-refractivity contribution is 7.23. The van der Waals surface area contributed by atoms with Crippen LogP contribution in [0.1, 0.15) is 344 Å². The molecular formula is C116H126O4S2. The molecule has 2 heterocycles. The van der Waals surface area contributed by atoms with Crippen molar-refractivity contribution in [3.8, 4) is 127 Å². The molecule has 4 nitrogen and oxygen atoms in total. The van der Waals surface area contributed by atoms with E-state index < -0.39 is 0 Å². The van der Waals surface area contributed by atoms with Crippen molar-refractivity contribution in [3.63, 3.8) is 0 Å². The third-order valence-corrected chi connectivity index (χ3v) is 24.5. The highest BCUT2D eigenvalue weighted by Gasteiger charge is 2.19. The first-order valence-corrected chi connectivity index (χ1v) is 47.5. The minimum Gasteiger partial charge on any atom is -0.494 e. The number of thiophene rings is 2. The van der Waals surface area contributed by atoms with Crippen molar-refractivity contribution in [2.24, 2.45) is 0 Å². The molecule has 10 rings (SSSR count). The molecule has 0 aliphatic rings. The minimum absolute atomic E-state index is 0.730. The van der Waals surface area contributed by atoms with Gasteiger partial charge in [-0.2, -0.15) is 0 Å². The van der Waals surface area contributed by atoms with Gasteiger partial charge in [0.05, 0.1) is 45.9 Å². The van der Waals surface area contributed by atoms with Crippen LogP contribution in [0.15, 0.2) is 158 Å². The second kappa shape index (κ2) is 51.6. The molecule has 0 aliphatic heterocycles. The summed E-state index contributed by atoms with van der Waals surface area (Å²) in [6.07, 6.45) is 30.5. The van der Waals surface area contributed by atoms with Gasteiger partial charge >= 0.3 is 0 Å². The van der Waals surface area contributed by atoms with Gasteiger partial charge in [0.1, 0.15) is 23.0 Å². The summed E-state index contributed by atoms with van der Waals surface area (Å²) in [6, 6.07) is 55.3. The second-order valence-corrected chi connectivity index (χ2v) is 33.5. The molecule has 0 saturated heterocycles. The van der Waals surface area contributed by atoms with Crippen LogP contribution in [0.3, 0.4) is 0 Å². The lowest BCUT2D eigenvalue weighted by Crippen LogP contribution is -1.97. The van der Waals surface area contributed by atoms with Crippen molar-refractivity contribution in [2.45, 2.75) is 263 Å². The van der Waals surface area contributed by atoms with Gasteiger partial charge in [-0.15, -0.1) is 22.7 Å². The van der Waals surface area contributed by atoms with Gasteiger partial charge < -0.3 is 18.9 Å². The third kappa shape index (κ3) is 29.0. The molecule has 0 unspecified atom stereocenters. The van der Waals surface area contributed by atoms with E-state index in [0.717, 1.165) is 268 Å². The normalized spacial score (nSPS) is 10.5. The SMILES string of the molecule is CCCCCCCOc1ccc(C#Cc2cc(CC)c(C#Cc3cc(C#Cc4cc(CC)c(C#Cc5ccc(OCCCCCCC)cc5)cc4CC)c(-c4sc(C#Cc5cc(CC)c(C#Cc6ccc(OCCCCCCC)cc6)cc5CC)cc4C#Cc4cc(CC)c(C#Cc5ccc(OCCCCCCC)cc5)cc4CC)s3)cc2CC)cc1. The first-order valence-electron chi connectivity index (χ1n) is 45.9. The van der Waals surface area contributed by atoms with E-state index in [2.05, 4.69) is 287 Å². The lowest BCUT2D eigenvalue weighted by Gasteiger charge is -2.08. The summed E-state index contributed by atoms with van der Waals surface area (Å²) in [5, 5.41) is 0. The van der Waals surface area contributed by atoms with Crippen LogP contribution in [0.2, 0.25) is 0 Å². The van der Waals surface area contributed by atoms with Crippen molar-refractivity contribution in [1.82, 2.24) is 0 Å². The lowest BCUT2D eigenvalue weighted by molar-refractivity contribution is 0.304. The first-order chi connectivity index (χ1) is 59.9. The first kappa shape index (κ1) is 93.1. The zero-order chi connectivity index (χ0) is 85.9. The number of rotatable bonds is 37. The Bertz CT molecular complexity index is 5250. The maximum absolute atomic E-state index is 6.12. The molecule has 0 bridgehead atoms. The van der Waals surface area contributed by atoms with Crippen LogP contribution in [-0.4, -0.2) is 26.4 Å². The minimum atomic E-state index is 0.730. The van der Waals surface area contributed by atoms with E-state index in [1.54, 1.807) is 22.7 Å². The predicted octanol–water partition coefficient (Wildman–Crippen LogP) is 28.6. The van der Waals surface area contributed by atoms with E-state index >= 15 is 0 Å². The Balaban J connectivity index is 1.06. The van der Waals surface area contributed by atoms with Crippen LogP contribution >= 0.6 is 22.7 Å². The predicted molar refractivity (Wildman–Crippen MR) is 519 cm³/mol. The number of aryl methyl sites for hydroxylation is 8. The van der Waals surface area contributed by atoms with Gasteiger partial charge in [-0.25, -0.2) is 0 Å². The molecule has 0 N–H and O–H groups in total. The van der Waals surface area contributed by atoms with Gasteiger partial charge in [0, 0.05) is 77.9 Å². The molecule has 122 heavy (non-hydrogen) atoms. The Kier molecular flexibility index (Phi) is 39.4. The Morgan fingerprint density at radius 3 is 0.566 bits per heavy atom. The molecule has 10 aromatic rings. The molecule has 0 amide bonds. The maximum Gasteiger partial charge on any atom is 0.119 e. The van der Waals surface area contributed by atoms with Crippen LogP contribution in [0.5, 0.6) is 23.0 Å². The summed E-state index contributed by atoms with van der Waals surface area (Å²) >= 11 is 3.34. The molecule has 0 aliphatic carbocycles. The summed E-state index contributed by atoms with van der Waals surface area (Å²) in [5.74, 6) is 61.8. The van der Waals surface area contributed by atoms with E-state index in [4.69, 9.17) is 18.9 Å². The summed E-state index contributed by atoms with van der Waals surface area (Å²) in [4.78, 5) is 3.82. The molecule has 0 atom stereocenters. The molecule has 0 fully saturated rings. The van der Waals surface area contributed by atoms with Crippen LogP contribution in [0, 0.1) is 94.7 Å². The Morgan fingerprint density at radius 1 is 0.189 bits per heavy atom. The molecule has 0 spiro atoms. The summed E-state index contributed by atoms with van der Waals surface area (Å²) < 4.78 is 24.4. The van der Waals surface area contributed by atoms with Crippen LogP contribution in [0.25, 0.3) is 9.75 Å². The molecule has 626 valence electrons. The van der Waals surface area contributed by atoms with Crippen molar-refractivity contribution in [3.05, 3.63) is 290 Å². The zero-order valence-electron chi connectivity index (χ0n) is 75.1. The monoisotopic (exact) mass is 1650 g/mol. The highest BCUT2D eigenvalue weighted by Crippen LogP contribution is 2.41. The molecular weight excluding hydrogens is 1520 g/mol. The zero-order valence-corrected chi connectivity index (χ0v) is 76.7. The fraction of sp³-hybridized carbons (Fsp3) is 0.379. The number of unbranched alkanes of at least 4 members (excludes halogenated alkanes) is 16. The van der Waals surface area contributed by atoms with E-state index in [1.165, 1.54) is 103 Å². The molecule has 6 heteroatoms. The highest BCUT2D eigenvalue weighted by atomic mass is 32.1. The van der Waals surface area contributed by atoms with E-state index in [1.807, 2.05) is 48.5 Å². The number of benzene rings is 8. The molecule has 2 aromatic heterocycles. The maximum atomic E-state index is 6.12. The van der Waals surface area contributed by atoms with Crippen molar-refractivity contribution >= 4 is 22.7 Å². The lowest BCUT2D eigenvalue weighted by atomic mass is 9.95. The van der Waals surface area contributed by atoms with Crippen molar-refractivity contribution in [1.29, 1.82) is 0 Å². The standard InChI is InChI=1S/C116H126O4S2/c1-13-25-29-33-37-73-117-109-63-45-87(46-64-109)41-53-99-77-95(21-9)103(81-91(99)17-5)57-59-107-85-113(71-61-105-83-93(19-7)101(79-97(105)23-11)55-43-89-49-67-111(68-50-89)119-75-39-35-31-27-15-3)121-115(107)116-108(60-58-104-82-92(18-6)100(78-96(104)22-10)54-42-88-47-65-110(66-48-88)118-74-38-34-30-26-14-2)86-114(122-116)72-62-106-84-94(20-8)102(80-98(106)24-12)56-44-90-51-69-112(70-52-90)120-76-40-36-32-28-16-4/h45-52,63-70,77-86H,13-40,73-76H2,1-12H3. The topological polar surface area (TPSA) is 36.9 Å². The average molecular weight is 1650 g/mol. The van der Waals surface area contributed by atoms with Crippen LogP contribution < -0.4 is 18.9 Å². The molecule has 0 saturated carbocycles. The van der Waals surface area contributed by atoms with Crippen molar-refractivity contribution in [2.75, 3.05) is 26.4 Å². The smallest absolute Gasteiger partial charge is 0.119 e. The quantitative estimate of drug-likeness (QED) is 0.0287. The van der Waals surface area contributed by atoms with Gasteiger partial charge in [0.25, 0.3) is 0 Å². The Hall–Kier alpha value is -11.2. The van der Waals surface area contributed by atoms with Gasteiger partial charge in [-0.1, -0.05) is 281 Å². The second-order valence-electron chi connectivity index (χ2n) is 31.3.